The molecule has 0 radical (unpaired) electrons. The topological polar surface area (TPSA) is 32.3 Å². The van der Waals surface area contributed by atoms with Crippen molar-refractivity contribution in [3.63, 3.8) is 0 Å². The fraction of sp³-hybridized carbons (Fsp3) is 0.571. The summed E-state index contributed by atoms with van der Waals surface area (Å²) in [6, 6.07) is 8.30. The van der Waals surface area contributed by atoms with E-state index in [9.17, 15) is 5.11 Å². The zero-order valence-electron chi connectivity index (χ0n) is 9.95. The van der Waals surface area contributed by atoms with Crippen LogP contribution in [0.5, 0.6) is 5.75 Å². The standard InChI is InChI=1S/C14H21NO/c1-11(10-13-4-2-3-9-15-13)12-5-7-14(16)8-6-12/h5-8,11,13,15-16H,2-4,9-10H2,1H3. The third-order valence-corrected chi connectivity index (χ3v) is 3.51. The summed E-state index contributed by atoms with van der Waals surface area (Å²) < 4.78 is 0. The summed E-state index contributed by atoms with van der Waals surface area (Å²) in [6.45, 7) is 3.44. The molecule has 0 bridgehead atoms. The van der Waals surface area contributed by atoms with Gasteiger partial charge in [-0.15, -0.1) is 0 Å². The van der Waals surface area contributed by atoms with Crippen LogP contribution in [0.1, 0.15) is 44.1 Å². The van der Waals surface area contributed by atoms with E-state index in [-0.39, 0.29) is 0 Å². The molecule has 1 saturated heterocycles. The molecular weight excluding hydrogens is 198 g/mol. The number of phenols is 1. The van der Waals surface area contributed by atoms with E-state index in [2.05, 4.69) is 12.2 Å². The van der Waals surface area contributed by atoms with E-state index in [1.807, 2.05) is 12.1 Å². The van der Waals surface area contributed by atoms with E-state index in [0.29, 0.717) is 17.7 Å². The Morgan fingerprint density at radius 2 is 2.06 bits per heavy atom. The number of benzene rings is 1. The van der Waals surface area contributed by atoms with Gasteiger partial charge in [0.2, 0.25) is 0 Å². The summed E-state index contributed by atoms with van der Waals surface area (Å²) in [5.41, 5.74) is 1.32. The van der Waals surface area contributed by atoms with Crippen molar-refractivity contribution >= 4 is 0 Å². The zero-order valence-corrected chi connectivity index (χ0v) is 9.95. The molecule has 1 fully saturated rings. The van der Waals surface area contributed by atoms with E-state index in [0.717, 1.165) is 0 Å². The predicted octanol–water partition coefficient (Wildman–Crippen LogP) is 3.03. The van der Waals surface area contributed by atoms with Crippen LogP contribution < -0.4 is 5.32 Å². The lowest BCUT2D eigenvalue weighted by Gasteiger charge is -2.26. The summed E-state index contributed by atoms with van der Waals surface area (Å²) in [5, 5.41) is 12.8. The van der Waals surface area contributed by atoms with Crippen LogP contribution in [-0.4, -0.2) is 17.7 Å². The maximum absolute atomic E-state index is 9.25. The summed E-state index contributed by atoms with van der Waals surface area (Å²) in [4.78, 5) is 0. The van der Waals surface area contributed by atoms with E-state index in [1.165, 1.54) is 37.8 Å². The van der Waals surface area contributed by atoms with Crippen molar-refractivity contribution in [1.82, 2.24) is 5.32 Å². The Labute approximate surface area is 97.7 Å². The lowest BCUT2D eigenvalue weighted by atomic mass is 9.90. The van der Waals surface area contributed by atoms with Crippen molar-refractivity contribution in [3.8, 4) is 5.75 Å². The minimum Gasteiger partial charge on any atom is -0.508 e. The van der Waals surface area contributed by atoms with Crippen LogP contribution in [0.25, 0.3) is 0 Å². The molecule has 2 atom stereocenters. The van der Waals surface area contributed by atoms with Crippen LogP contribution in [0.4, 0.5) is 0 Å². The second-order valence-electron chi connectivity index (χ2n) is 4.88. The van der Waals surface area contributed by atoms with Crippen molar-refractivity contribution in [2.45, 2.75) is 44.6 Å². The highest BCUT2D eigenvalue weighted by molar-refractivity contribution is 5.28. The van der Waals surface area contributed by atoms with Crippen molar-refractivity contribution < 1.29 is 5.11 Å². The lowest BCUT2D eigenvalue weighted by Crippen LogP contribution is -2.34. The second kappa shape index (κ2) is 5.35. The average Bonchev–Trinajstić information content (AvgIpc) is 2.31. The number of phenolic OH excluding ortho intramolecular Hbond substituents is 1. The molecule has 2 N–H and O–H groups in total. The summed E-state index contributed by atoms with van der Waals surface area (Å²) in [5.74, 6) is 0.919. The number of hydrogen-bond acceptors (Lipinski definition) is 2. The number of aromatic hydroxyl groups is 1. The van der Waals surface area contributed by atoms with Gasteiger partial charge >= 0.3 is 0 Å². The van der Waals surface area contributed by atoms with E-state index < -0.39 is 0 Å². The fourth-order valence-corrected chi connectivity index (χ4v) is 2.49. The first kappa shape index (κ1) is 11.5. The molecule has 0 saturated carbocycles. The third kappa shape index (κ3) is 2.99. The van der Waals surface area contributed by atoms with Crippen LogP contribution in [0.2, 0.25) is 0 Å². The number of rotatable bonds is 3. The Morgan fingerprint density at radius 1 is 1.31 bits per heavy atom. The minimum atomic E-state index is 0.353. The van der Waals surface area contributed by atoms with Gasteiger partial charge in [0.05, 0.1) is 0 Å². The van der Waals surface area contributed by atoms with Crippen molar-refractivity contribution in [3.05, 3.63) is 29.8 Å². The first-order valence-electron chi connectivity index (χ1n) is 6.28. The molecule has 2 nitrogen and oxygen atoms in total. The first-order valence-corrected chi connectivity index (χ1v) is 6.28. The third-order valence-electron chi connectivity index (χ3n) is 3.51. The SMILES string of the molecule is CC(CC1CCCCN1)c1ccc(O)cc1. The molecule has 0 amide bonds. The summed E-state index contributed by atoms with van der Waals surface area (Å²) in [6.07, 6.45) is 5.19. The monoisotopic (exact) mass is 219 g/mol. The molecule has 2 unspecified atom stereocenters. The molecule has 2 rings (SSSR count). The molecule has 1 aliphatic rings. The van der Waals surface area contributed by atoms with Gasteiger partial charge in [0, 0.05) is 6.04 Å². The van der Waals surface area contributed by atoms with Crippen LogP contribution in [0.3, 0.4) is 0 Å². The molecule has 1 heterocycles. The maximum atomic E-state index is 9.25. The first-order chi connectivity index (χ1) is 7.75. The molecule has 0 aliphatic carbocycles. The molecule has 1 aromatic rings. The highest BCUT2D eigenvalue weighted by Crippen LogP contribution is 2.25. The highest BCUT2D eigenvalue weighted by atomic mass is 16.3. The summed E-state index contributed by atoms with van der Waals surface area (Å²) >= 11 is 0. The van der Waals surface area contributed by atoms with Gasteiger partial charge < -0.3 is 10.4 Å². The Hall–Kier alpha value is -1.02. The molecule has 1 aliphatic heterocycles. The normalized spacial score (nSPS) is 22.9. The molecule has 1 aromatic carbocycles. The van der Waals surface area contributed by atoms with Gasteiger partial charge in [-0.3, -0.25) is 0 Å². The van der Waals surface area contributed by atoms with Gasteiger partial charge in [-0.2, -0.15) is 0 Å². The van der Waals surface area contributed by atoms with Crippen molar-refractivity contribution in [2.75, 3.05) is 6.54 Å². The van der Waals surface area contributed by atoms with E-state index in [1.54, 1.807) is 12.1 Å². The number of nitrogens with one attached hydrogen (secondary N) is 1. The molecule has 2 heteroatoms. The van der Waals surface area contributed by atoms with E-state index in [4.69, 9.17) is 0 Å². The molecule has 0 aromatic heterocycles. The largest absolute Gasteiger partial charge is 0.508 e. The second-order valence-corrected chi connectivity index (χ2v) is 4.88. The van der Waals surface area contributed by atoms with Crippen LogP contribution in [0.15, 0.2) is 24.3 Å². The van der Waals surface area contributed by atoms with Crippen LogP contribution >= 0.6 is 0 Å². The maximum Gasteiger partial charge on any atom is 0.115 e. The average molecular weight is 219 g/mol. The molecule has 88 valence electrons. The smallest absolute Gasteiger partial charge is 0.115 e. The van der Waals surface area contributed by atoms with Gasteiger partial charge in [0.15, 0.2) is 0 Å². The highest BCUT2D eigenvalue weighted by Gasteiger charge is 2.16. The van der Waals surface area contributed by atoms with Gasteiger partial charge in [-0.05, 0) is 49.4 Å². The van der Waals surface area contributed by atoms with E-state index >= 15 is 0 Å². The van der Waals surface area contributed by atoms with Gasteiger partial charge in [-0.25, -0.2) is 0 Å². The summed E-state index contributed by atoms with van der Waals surface area (Å²) in [7, 11) is 0. The number of hydrogen-bond donors (Lipinski definition) is 2. The Kier molecular flexibility index (Phi) is 3.83. The molecular formula is C14H21NO. The minimum absolute atomic E-state index is 0.353. The van der Waals surface area contributed by atoms with Gasteiger partial charge in [0.1, 0.15) is 5.75 Å². The van der Waals surface area contributed by atoms with Gasteiger partial charge in [0.25, 0.3) is 0 Å². The molecule has 16 heavy (non-hydrogen) atoms. The quantitative estimate of drug-likeness (QED) is 0.819. The lowest BCUT2D eigenvalue weighted by molar-refractivity contribution is 0.366. The van der Waals surface area contributed by atoms with Crippen molar-refractivity contribution in [2.24, 2.45) is 0 Å². The Balaban J connectivity index is 1.91. The van der Waals surface area contributed by atoms with Crippen LogP contribution in [0, 0.1) is 0 Å². The Morgan fingerprint density at radius 3 is 2.69 bits per heavy atom. The Bertz CT molecular complexity index is 314. The van der Waals surface area contributed by atoms with Crippen molar-refractivity contribution in [1.29, 1.82) is 0 Å². The molecule has 0 spiro atoms. The van der Waals surface area contributed by atoms with Crippen LogP contribution in [-0.2, 0) is 0 Å². The number of piperidine rings is 1. The predicted molar refractivity (Wildman–Crippen MR) is 66.8 cm³/mol. The fourth-order valence-electron chi connectivity index (χ4n) is 2.49. The zero-order chi connectivity index (χ0) is 11.4. The van der Waals surface area contributed by atoms with Gasteiger partial charge in [-0.1, -0.05) is 25.5 Å².